The van der Waals surface area contributed by atoms with Gasteiger partial charge in [0.1, 0.15) is 5.01 Å². The summed E-state index contributed by atoms with van der Waals surface area (Å²) >= 11 is 1.73. The van der Waals surface area contributed by atoms with Crippen LogP contribution in [0.25, 0.3) is 10.8 Å². The SMILES string of the molecule is c1ccc2c(C(NC3CC3)c3nccs3)cccc2c1. The van der Waals surface area contributed by atoms with Gasteiger partial charge in [-0.05, 0) is 29.2 Å². The van der Waals surface area contributed by atoms with E-state index in [0.717, 1.165) is 5.01 Å². The minimum absolute atomic E-state index is 0.216. The number of benzene rings is 2. The smallest absolute Gasteiger partial charge is 0.114 e. The molecule has 3 heteroatoms. The predicted molar refractivity (Wildman–Crippen MR) is 84.1 cm³/mol. The van der Waals surface area contributed by atoms with Crippen molar-refractivity contribution in [1.82, 2.24) is 10.3 Å². The van der Waals surface area contributed by atoms with Crippen molar-refractivity contribution in [3.8, 4) is 0 Å². The second-order valence-electron chi connectivity index (χ2n) is 5.31. The van der Waals surface area contributed by atoms with E-state index >= 15 is 0 Å². The fourth-order valence-electron chi connectivity index (χ4n) is 2.66. The normalized spacial score (nSPS) is 16.4. The molecule has 1 aromatic heterocycles. The average molecular weight is 280 g/mol. The molecule has 4 rings (SSSR count). The zero-order valence-electron chi connectivity index (χ0n) is 11.1. The number of thiazole rings is 1. The molecule has 1 N–H and O–H groups in total. The van der Waals surface area contributed by atoms with Crippen LogP contribution in [0.3, 0.4) is 0 Å². The second-order valence-corrected chi connectivity index (χ2v) is 6.24. The summed E-state index contributed by atoms with van der Waals surface area (Å²) in [7, 11) is 0. The van der Waals surface area contributed by atoms with Gasteiger partial charge in [0.2, 0.25) is 0 Å². The molecule has 20 heavy (non-hydrogen) atoms. The van der Waals surface area contributed by atoms with E-state index in [1.54, 1.807) is 11.3 Å². The van der Waals surface area contributed by atoms with Gasteiger partial charge in [-0.25, -0.2) is 4.98 Å². The van der Waals surface area contributed by atoms with Crippen LogP contribution in [0, 0.1) is 0 Å². The molecule has 1 atom stereocenters. The summed E-state index contributed by atoms with van der Waals surface area (Å²) in [6, 6.07) is 16.0. The van der Waals surface area contributed by atoms with Gasteiger partial charge >= 0.3 is 0 Å². The lowest BCUT2D eigenvalue weighted by atomic mass is 9.99. The Hall–Kier alpha value is -1.71. The van der Waals surface area contributed by atoms with Crippen molar-refractivity contribution in [1.29, 1.82) is 0 Å². The second kappa shape index (κ2) is 5.00. The molecule has 0 spiro atoms. The van der Waals surface area contributed by atoms with Gasteiger partial charge < -0.3 is 5.32 Å². The average Bonchev–Trinajstić information content (AvgIpc) is 3.16. The van der Waals surface area contributed by atoms with E-state index in [-0.39, 0.29) is 6.04 Å². The lowest BCUT2D eigenvalue weighted by molar-refractivity contribution is 0.601. The van der Waals surface area contributed by atoms with E-state index in [1.165, 1.54) is 29.2 Å². The van der Waals surface area contributed by atoms with Crippen LogP contribution in [0.4, 0.5) is 0 Å². The number of nitrogens with zero attached hydrogens (tertiary/aromatic N) is 1. The first-order chi connectivity index (χ1) is 9.92. The summed E-state index contributed by atoms with van der Waals surface area (Å²) in [6.45, 7) is 0. The Bertz CT molecular complexity index is 711. The molecular weight excluding hydrogens is 264 g/mol. The molecule has 2 aromatic carbocycles. The molecule has 3 aromatic rings. The minimum Gasteiger partial charge on any atom is -0.301 e. The third-order valence-corrected chi connectivity index (χ3v) is 4.65. The molecule has 1 heterocycles. The fourth-order valence-corrected chi connectivity index (χ4v) is 3.37. The summed E-state index contributed by atoms with van der Waals surface area (Å²) in [5, 5.41) is 9.59. The zero-order valence-corrected chi connectivity index (χ0v) is 11.9. The highest BCUT2D eigenvalue weighted by Gasteiger charge is 2.28. The Morgan fingerprint density at radius 3 is 2.75 bits per heavy atom. The van der Waals surface area contributed by atoms with Gasteiger partial charge in [-0.1, -0.05) is 42.5 Å². The lowest BCUT2D eigenvalue weighted by Crippen LogP contribution is -2.24. The molecule has 1 aliphatic carbocycles. The lowest BCUT2D eigenvalue weighted by Gasteiger charge is -2.18. The molecule has 0 aliphatic heterocycles. The van der Waals surface area contributed by atoms with Crippen molar-refractivity contribution in [2.24, 2.45) is 0 Å². The zero-order chi connectivity index (χ0) is 13.4. The molecule has 2 nitrogen and oxygen atoms in total. The molecule has 1 fully saturated rings. The van der Waals surface area contributed by atoms with Crippen LogP contribution >= 0.6 is 11.3 Å². The van der Waals surface area contributed by atoms with Crippen molar-refractivity contribution < 1.29 is 0 Å². The maximum Gasteiger partial charge on any atom is 0.114 e. The molecule has 1 saturated carbocycles. The number of aromatic nitrogens is 1. The Balaban J connectivity index is 1.84. The van der Waals surface area contributed by atoms with E-state index in [4.69, 9.17) is 0 Å². The molecular formula is C17H16N2S. The molecule has 0 bridgehead atoms. The van der Waals surface area contributed by atoms with Crippen LogP contribution in [-0.4, -0.2) is 11.0 Å². The van der Waals surface area contributed by atoms with Gasteiger partial charge in [-0.15, -0.1) is 11.3 Å². The van der Waals surface area contributed by atoms with Gasteiger partial charge in [0, 0.05) is 17.6 Å². The van der Waals surface area contributed by atoms with Crippen LogP contribution < -0.4 is 5.32 Å². The van der Waals surface area contributed by atoms with Gasteiger partial charge in [0.05, 0.1) is 6.04 Å². The maximum atomic E-state index is 4.54. The number of fused-ring (bicyclic) bond motifs is 1. The van der Waals surface area contributed by atoms with Crippen molar-refractivity contribution in [2.45, 2.75) is 24.9 Å². The highest BCUT2D eigenvalue weighted by atomic mass is 32.1. The number of rotatable bonds is 4. The van der Waals surface area contributed by atoms with Crippen molar-refractivity contribution in [3.05, 3.63) is 64.6 Å². The Kier molecular flexibility index (Phi) is 3.02. The van der Waals surface area contributed by atoms with Crippen LogP contribution in [0.5, 0.6) is 0 Å². The number of hydrogen-bond donors (Lipinski definition) is 1. The number of nitrogens with one attached hydrogen (secondary N) is 1. The van der Waals surface area contributed by atoms with Crippen molar-refractivity contribution in [2.75, 3.05) is 0 Å². The van der Waals surface area contributed by atoms with Crippen LogP contribution in [0.1, 0.15) is 29.5 Å². The summed E-state index contributed by atoms with van der Waals surface area (Å²) in [5.41, 5.74) is 1.34. The summed E-state index contributed by atoms with van der Waals surface area (Å²) in [4.78, 5) is 4.54. The first kappa shape index (κ1) is 12.1. The monoisotopic (exact) mass is 280 g/mol. The van der Waals surface area contributed by atoms with Crippen molar-refractivity contribution >= 4 is 22.1 Å². The summed E-state index contributed by atoms with van der Waals surface area (Å²) in [5.74, 6) is 0. The Morgan fingerprint density at radius 1 is 1.10 bits per heavy atom. The van der Waals surface area contributed by atoms with Gasteiger partial charge in [0.25, 0.3) is 0 Å². The number of hydrogen-bond acceptors (Lipinski definition) is 3. The van der Waals surface area contributed by atoms with E-state index in [9.17, 15) is 0 Å². The molecule has 0 amide bonds. The standard InChI is InChI=1S/C17H16N2S/c1-2-6-14-12(4-1)5-3-7-15(14)16(19-13-8-9-13)17-18-10-11-20-17/h1-7,10-11,13,16,19H,8-9H2. The first-order valence-electron chi connectivity index (χ1n) is 7.05. The highest BCUT2D eigenvalue weighted by molar-refractivity contribution is 7.09. The van der Waals surface area contributed by atoms with Crippen molar-refractivity contribution in [3.63, 3.8) is 0 Å². The molecule has 100 valence electrons. The topological polar surface area (TPSA) is 24.9 Å². The molecule has 0 radical (unpaired) electrons. The van der Waals surface area contributed by atoms with Gasteiger partial charge in [-0.3, -0.25) is 0 Å². The summed E-state index contributed by atoms with van der Waals surface area (Å²) in [6.07, 6.45) is 4.46. The molecule has 1 unspecified atom stereocenters. The molecule has 1 aliphatic rings. The quantitative estimate of drug-likeness (QED) is 0.777. The predicted octanol–water partition coefficient (Wildman–Crippen LogP) is 4.14. The molecule has 0 saturated heterocycles. The van der Waals surface area contributed by atoms with Crippen LogP contribution in [0.15, 0.2) is 54.0 Å². The largest absolute Gasteiger partial charge is 0.301 e. The van der Waals surface area contributed by atoms with E-state index in [2.05, 4.69) is 58.1 Å². The fraction of sp³-hybridized carbons (Fsp3) is 0.235. The van der Waals surface area contributed by atoms with Gasteiger partial charge in [0.15, 0.2) is 0 Å². The van der Waals surface area contributed by atoms with E-state index < -0.39 is 0 Å². The third kappa shape index (κ3) is 2.23. The minimum atomic E-state index is 0.216. The van der Waals surface area contributed by atoms with Crippen LogP contribution in [0.2, 0.25) is 0 Å². The summed E-state index contributed by atoms with van der Waals surface area (Å²) < 4.78 is 0. The maximum absolute atomic E-state index is 4.54. The Morgan fingerprint density at radius 2 is 1.95 bits per heavy atom. The van der Waals surface area contributed by atoms with Gasteiger partial charge in [-0.2, -0.15) is 0 Å². The van der Waals surface area contributed by atoms with Crippen LogP contribution in [-0.2, 0) is 0 Å². The van der Waals surface area contributed by atoms with E-state index in [0.29, 0.717) is 6.04 Å². The first-order valence-corrected chi connectivity index (χ1v) is 7.93. The Labute approximate surface area is 122 Å². The third-order valence-electron chi connectivity index (χ3n) is 3.81. The van der Waals surface area contributed by atoms with E-state index in [1.807, 2.05) is 6.20 Å². The highest BCUT2D eigenvalue weighted by Crippen LogP contribution is 2.33.